The molecule has 0 saturated heterocycles. The standard InChI is InChI=1S/C15H22N4O2/c1-4-6-16-12(10-20-3)9-14-18-15(19-21-14)13-8-11(2)5-7-17-13/h5,7-8,12,16H,4,6,9-10H2,1-3H3. The molecule has 0 bridgehead atoms. The van der Waals surface area contributed by atoms with Crippen molar-refractivity contribution < 1.29 is 9.26 Å². The molecule has 2 heterocycles. The lowest BCUT2D eigenvalue weighted by molar-refractivity contribution is 0.161. The lowest BCUT2D eigenvalue weighted by atomic mass is 10.2. The van der Waals surface area contributed by atoms with Crippen LogP contribution in [0.4, 0.5) is 0 Å². The molecule has 0 saturated carbocycles. The third kappa shape index (κ3) is 4.61. The van der Waals surface area contributed by atoms with E-state index in [9.17, 15) is 0 Å². The van der Waals surface area contributed by atoms with Crippen molar-refractivity contribution in [2.45, 2.75) is 32.7 Å². The summed E-state index contributed by atoms with van der Waals surface area (Å²) in [7, 11) is 1.69. The Labute approximate surface area is 124 Å². The fraction of sp³-hybridized carbons (Fsp3) is 0.533. The number of rotatable bonds is 8. The van der Waals surface area contributed by atoms with E-state index in [1.165, 1.54) is 0 Å². The first-order valence-corrected chi connectivity index (χ1v) is 7.20. The molecule has 0 aliphatic heterocycles. The van der Waals surface area contributed by atoms with Gasteiger partial charge in [0, 0.05) is 25.8 Å². The topological polar surface area (TPSA) is 73.1 Å². The summed E-state index contributed by atoms with van der Waals surface area (Å²) in [5.41, 5.74) is 1.85. The molecule has 1 N–H and O–H groups in total. The maximum Gasteiger partial charge on any atom is 0.228 e. The minimum atomic E-state index is 0.175. The van der Waals surface area contributed by atoms with Crippen LogP contribution in [0, 0.1) is 6.92 Å². The summed E-state index contributed by atoms with van der Waals surface area (Å²) >= 11 is 0. The third-order valence-electron chi connectivity index (χ3n) is 3.08. The smallest absolute Gasteiger partial charge is 0.228 e. The predicted molar refractivity (Wildman–Crippen MR) is 79.9 cm³/mol. The summed E-state index contributed by atoms with van der Waals surface area (Å²) in [6.45, 7) is 5.69. The van der Waals surface area contributed by atoms with Gasteiger partial charge in [-0.3, -0.25) is 4.98 Å². The molecule has 0 aliphatic carbocycles. The number of nitrogens with one attached hydrogen (secondary N) is 1. The van der Waals surface area contributed by atoms with Gasteiger partial charge in [-0.1, -0.05) is 12.1 Å². The monoisotopic (exact) mass is 290 g/mol. The quantitative estimate of drug-likeness (QED) is 0.801. The van der Waals surface area contributed by atoms with E-state index >= 15 is 0 Å². The summed E-state index contributed by atoms with van der Waals surface area (Å²) in [4.78, 5) is 8.68. The average Bonchev–Trinajstić information content (AvgIpc) is 2.93. The lowest BCUT2D eigenvalue weighted by Gasteiger charge is -2.15. The first-order valence-electron chi connectivity index (χ1n) is 7.20. The lowest BCUT2D eigenvalue weighted by Crippen LogP contribution is -2.35. The van der Waals surface area contributed by atoms with Gasteiger partial charge in [0.05, 0.1) is 6.61 Å². The van der Waals surface area contributed by atoms with Gasteiger partial charge in [-0.25, -0.2) is 0 Å². The molecule has 0 fully saturated rings. The molecule has 0 aromatic carbocycles. The molecule has 1 unspecified atom stereocenters. The SMILES string of the molecule is CCCNC(COC)Cc1nc(-c2cc(C)ccn2)no1. The normalized spacial score (nSPS) is 12.5. The van der Waals surface area contributed by atoms with Crippen LogP contribution in [0.3, 0.4) is 0 Å². The van der Waals surface area contributed by atoms with Crippen LogP contribution in [-0.2, 0) is 11.2 Å². The zero-order chi connectivity index (χ0) is 15.1. The fourth-order valence-electron chi connectivity index (χ4n) is 2.05. The second-order valence-corrected chi connectivity index (χ2v) is 5.04. The summed E-state index contributed by atoms with van der Waals surface area (Å²) in [5.74, 6) is 1.12. The van der Waals surface area contributed by atoms with Crippen molar-refractivity contribution in [3.05, 3.63) is 29.8 Å². The van der Waals surface area contributed by atoms with Gasteiger partial charge in [0.25, 0.3) is 0 Å². The highest BCUT2D eigenvalue weighted by Crippen LogP contribution is 2.14. The molecule has 6 heteroatoms. The second-order valence-electron chi connectivity index (χ2n) is 5.04. The Bertz CT molecular complexity index is 556. The molecule has 2 aromatic heterocycles. The third-order valence-corrected chi connectivity index (χ3v) is 3.08. The van der Waals surface area contributed by atoms with Crippen molar-refractivity contribution >= 4 is 0 Å². The van der Waals surface area contributed by atoms with Crippen molar-refractivity contribution in [2.24, 2.45) is 0 Å². The van der Waals surface area contributed by atoms with Crippen LogP contribution in [0.25, 0.3) is 11.5 Å². The van der Waals surface area contributed by atoms with Gasteiger partial charge >= 0.3 is 0 Å². The van der Waals surface area contributed by atoms with E-state index in [1.807, 2.05) is 19.1 Å². The van der Waals surface area contributed by atoms with Crippen molar-refractivity contribution in [1.29, 1.82) is 0 Å². The number of aryl methyl sites for hydroxylation is 1. The average molecular weight is 290 g/mol. The van der Waals surface area contributed by atoms with Gasteiger partial charge in [0.15, 0.2) is 0 Å². The van der Waals surface area contributed by atoms with Crippen molar-refractivity contribution in [2.75, 3.05) is 20.3 Å². The molecule has 6 nitrogen and oxygen atoms in total. The number of aromatic nitrogens is 3. The number of methoxy groups -OCH3 is 1. The molecular formula is C15H22N4O2. The Morgan fingerprint density at radius 2 is 2.29 bits per heavy atom. The van der Waals surface area contributed by atoms with Crippen LogP contribution >= 0.6 is 0 Å². The Balaban J connectivity index is 2.04. The van der Waals surface area contributed by atoms with Gasteiger partial charge in [-0.05, 0) is 37.6 Å². The van der Waals surface area contributed by atoms with Crippen LogP contribution in [0.1, 0.15) is 24.8 Å². The van der Waals surface area contributed by atoms with E-state index in [0.717, 1.165) is 24.2 Å². The van der Waals surface area contributed by atoms with Gasteiger partial charge in [-0.15, -0.1) is 0 Å². The molecule has 21 heavy (non-hydrogen) atoms. The summed E-state index contributed by atoms with van der Waals surface area (Å²) in [6.07, 6.45) is 3.46. The van der Waals surface area contributed by atoms with E-state index in [2.05, 4.69) is 27.4 Å². The van der Waals surface area contributed by atoms with E-state index in [0.29, 0.717) is 24.7 Å². The minimum Gasteiger partial charge on any atom is -0.383 e. The van der Waals surface area contributed by atoms with E-state index in [4.69, 9.17) is 9.26 Å². The molecule has 114 valence electrons. The summed E-state index contributed by atoms with van der Waals surface area (Å²) < 4.78 is 10.5. The van der Waals surface area contributed by atoms with Gasteiger partial charge in [-0.2, -0.15) is 4.98 Å². The minimum absolute atomic E-state index is 0.175. The van der Waals surface area contributed by atoms with Crippen LogP contribution in [-0.4, -0.2) is 41.4 Å². The Kier molecular flexibility index (Phi) is 5.83. The van der Waals surface area contributed by atoms with E-state index in [-0.39, 0.29) is 6.04 Å². The number of ether oxygens (including phenoxy) is 1. The molecule has 2 rings (SSSR count). The maximum absolute atomic E-state index is 5.32. The largest absolute Gasteiger partial charge is 0.383 e. The van der Waals surface area contributed by atoms with Gasteiger partial charge in [0.2, 0.25) is 11.7 Å². The molecule has 0 radical (unpaired) electrons. The summed E-state index contributed by atoms with van der Waals surface area (Å²) in [5, 5.41) is 7.41. The molecule has 0 spiro atoms. The van der Waals surface area contributed by atoms with Gasteiger partial charge in [0.1, 0.15) is 5.69 Å². The first-order chi connectivity index (χ1) is 10.2. The number of hydrogen-bond acceptors (Lipinski definition) is 6. The Morgan fingerprint density at radius 1 is 1.43 bits per heavy atom. The highest BCUT2D eigenvalue weighted by Gasteiger charge is 2.15. The number of hydrogen-bond donors (Lipinski definition) is 1. The second kappa shape index (κ2) is 7.85. The molecule has 0 amide bonds. The number of pyridine rings is 1. The van der Waals surface area contributed by atoms with Crippen LogP contribution in [0.15, 0.2) is 22.9 Å². The maximum atomic E-state index is 5.32. The van der Waals surface area contributed by atoms with Crippen LogP contribution in [0.5, 0.6) is 0 Å². The fourth-order valence-corrected chi connectivity index (χ4v) is 2.05. The molecule has 1 atom stereocenters. The first kappa shape index (κ1) is 15.6. The Morgan fingerprint density at radius 3 is 3.00 bits per heavy atom. The van der Waals surface area contributed by atoms with Crippen molar-refractivity contribution in [1.82, 2.24) is 20.4 Å². The van der Waals surface area contributed by atoms with E-state index < -0.39 is 0 Å². The Hall–Kier alpha value is -1.79. The molecular weight excluding hydrogens is 268 g/mol. The van der Waals surface area contributed by atoms with Gasteiger partial charge < -0.3 is 14.6 Å². The predicted octanol–water partition coefficient (Wildman–Crippen LogP) is 2.00. The van der Waals surface area contributed by atoms with Crippen LogP contribution in [0.2, 0.25) is 0 Å². The van der Waals surface area contributed by atoms with Crippen LogP contribution < -0.4 is 5.32 Å². The van der Waals surface area contributed by atoms with Crippen molar-refractivity contribution in [3.63, 3.8) is 0 Å². The molecule has 0 aliphatic rings. The van der Waals surface area contributed by atoms with E-state index in [1.54, 1.807) is 13.3 Å². The molecule has 2 aromatic rings. The van der Waals surface area contributed by atoms with Crippen molar-refractivity contribution in [3.8, 4) is 11.5 Å². The zero-order valence-electron chi connectivity index (χ0n) is 12.8. The zero-order valence-corrected chi connectivity index (χ0v) is 12.8. The highest BCUT2D eigenvalue weighted by molar-refractivity contribution is 5.48. The number of nitrogens with zero attached hydrogens (tertiary/aromatic N) is 3. The highest BCUT2D eigenvalue weighted by atomic mass is 16.5. The summed E-state index contributed by atoms with van der Waals surface area (Å²) in [6, 6.07) is 4.05.